The first kappa shape index (κ1) is 13.1. The van der Waals surface area contributed by atoms with E-state index in [2.05, 4.69) is 23.3 Å². The average molecular weight is 260 g/mol. The molecule has 0 bridgehead atoms. The number of ether oxygens (including phenoxy) is 1. The van der Waals surface area contributed by atoms with Crippen LogP contribution in [0.4, 0.5) is 0 Å². The van der Waals surface area contributed by atoms with E-state index in [0.717, 1.165) is 6.54 Å². The Kier molecular flexibility index (Phi) is 3.85. The van der Waals surface area contributed by atoms with Crippen LogP contribution in [-0.4, -0.2) is 23.2 Å². The summed E-state index contributed by atoms with van der Waals surface area (Å²) in [5, 5.41) is 3.58. The molecule has 1 aliphatic heterocycles. The van der Waals surface area contributed by atoms with Gasteiger partial charge in [-0.1, -0.05) is 18.9 Å². The van der Waals surface area contributed by atoms with E-state index < -0.39 is 0 Å². The molecule has 1 saturated heterocycles. The highest BCUT2D eigenvalue weighted by Crippen LogP contribution is 2.43. The second-order valence-corrected chi connectivity index (χ2v) is 6.08. The molecular formula is C16H24N2O. The lowest BCUT2D eigenvalue weighted by Gasteiger charge is -2.24. The summed E-state index contributed by atoms with van der Waals surface area (Å²) in [6, 6.07) is 4.46. The van der Waals surface area contributed by atoms with Gasteiger partial charge in [0.05, 0.1) is 11.7 Å². The smallest absolute Gasteiger partial charge is 0.0708 e. The minimum atomic E-state index is 0.254. The fourth-order valence-electron chi connectivity index (χ4n) is 3.48. The van der Waals surface area contributed by atoms with Crippen molar-refractivity contribution in [2.45, 2.75) is 63.2 Å². The van der Waals surface area contributed by atoms with Crippen LogP contribution < -0.4 is 5.32 Å². The SMILES string of the molecule is CC(NCC1CCC2(CCCC2)O1)c1cccnc1. The number of hydrogen-bond donors (Lipinski definition) is 1. The normalized spacial score (nSPS) is 26.9. The maximum absolute atomic E-state index is 6.32. The van der Waals surface area contributed by atoms with Gasteiger partial charge in [-0.3, -0.25) is 4.98 Å². The van der Waals surface area contributed by atoms with Gasteiger partial charge < -0.3 is 10.1 Å². The molecule has 0 amide bonds. The van der Waals surface area contributed by atoms with Crippen LogP contribution >= 0.6 is 0 Å². The van der Waals surface area contributed by atoms with Gasteiger partial charge in [-0.05, 0) is 44.2 Å². The first-order valence-electron chi connectivity index (χ1n) is 7.59. The highest BCUT2D eigenvalue weighted by Gasteiger charge is 2.41. The fourth-order valence-corrected chi connectivity index (χ4v) is 3.48. The summed E-state index contributed by atoms with van der Waals surface area (Å²) in [4.78, 5) is 4.17. The predicted octanol–water partition coefficient (Wildman–Crippen LogP) is 3.22. The quantitative estimate of drug-likeness (QED) is 0.902. The van der Waals surface area contributed by atoms with Crippen LogP contribution in [0.5, 0.6) is 0 Å². The molecule has 3 nitrogen and oxygen atoms in total. The molecule has 2 aliphatic rings. The Labute approximate surface area is 115 Å². The summed E-state index contributed by atoms with van der Waals surface area (Å²) >= 11 is 0. The van der Waals surface area contributed by atoms with Gasteiger partial charge in [-0.2, -0.15) is 0 Å². The van der Waals surface area contributed by atoms with Gasteiger partial charge in [0.1, 0.15) is 0 Å². The third-order valence-electron chi connectivity index (χ3n) is 4.69. The maximum atomic E-state index is 6.32. The van der Waals surface area contributed by atoms with Crippen molar-refractivity contribution in [2.24, 2.45) is 0 Å². The number of pyridine rings is 1. The summed E-state index contributed by atoms with van der Waals surface area (Å²) in [5.74, 6) is 0. The lowest BCUT2D eigenvalue weighted by atomic mass is 9.98. The van der Waals surface area contributed by atoms with Gasteiger partial charge >= 0.3 is 0 Å². The van der Waals surface area contributed by atoms with Gasteiger partial charge in [0, 0.05) is 25.0 Å². The molecule has 1 aromatic heterocycles. The van der Waals surface area contributed by atoms with E-state index in [1.54, 1.807) is 0 Å². The number of aromatic nitrogens is 1. The van der Waals surface area contributed by atoms with Crippen molar-refractivity contribution in [3.63, 3.8) is 0 Å². The number of nitrogens with one attached hydrogen (secondary N) is 1. The van der Waals surface area contributed by atoms with Crippen LogP contribution in [0.1, 0.15) is 57.1 Å². The molecule has 3 heteroatoms. The zero-order valence-corrected chi connectivity index (χ0v) is 11.8. The van der Waals surface area contributed by atoms with Crippen molar-refractivity contribution >= 4 is 0 Å². The molecule has 2 atom stereocenters. The summed E-state index contributed by atoms with van der Waals surface area (Å²) < 4.78 is 6.32. The second-order valence-electron chi connectivity index (χ2n) is 6.08. The van der Waals surface area contributed by atoms with Gasteiger partial charge in [-0.25, -0.2) is 0 Å². The third kappa shape index (κ3) is 2.98. The van der Waals surface area contributed by atoms with E-state index >= 15 is 0 Å². The van der Waals surface area contributed by atoms with E-state index in [1.807, 2.05) is 18.5 Å². The molecule has 1 aliphatic carbocycles. The van der Waals surface area contributed by atoms with Gasteiger partial charge in [0.15, 0.2) is 0 Å². The summed E-state index contributed by atoms with van der Waals surface area (Å²) in [5.41, 5.74) is 1.50. The molecule has 0 aromatic carbocycles. The Balaban J connectivity index is 1.48. The van der Waals surface area contributed by atoms with Crippen molar-refractivity contribution in [1.29, 1.82) is 0 Å². The van der Waals surface area contributed by atoms with Crippen molar-refractivity contribution < 1.29 is 4.74 Å². The van der Waals surface area contributed by atoms with Crippen LogP contribution in [0.3, 0.4) is 0 Å². The fraction of sp³-hybridized carbons (Fsp3) is 0.688. The molecule has 1 spiro atoms. The van der Waals surface area contributed by atoms with Gasteiger partial charge in [0.25, 0.3) is 0 Å². The first-order valence-corrected chi connectivity index (χ1v) is 7.59. The van der Waals surface area contributed by atoms with E-state index in [4.69, 9.17) is 4.74 Å². The summed E-state index contributed by atoms with van der Waals surface area (Å²) in [6.45, 7) is 3.15. The van der Waals surface area contributed by atoms with Crippen LogP contribution in [0, 0.1) is 0 Å². The number of rotatable bonds is 4. The zero-order valence-electron chi connectivity index (χ0n) is 11.8. The molecule has 0 radical (unpaired) electrons. The van der Waals surface area contributed by atoms with Crippen molar-refractivity contribution in [2.75, 3.05) is 6.54 Å². The Bertz CT molecular complexity index is 400. The van der Waals surface area contributed by atoms with Crippen molar-refractivity contribution in [3.05, 3.63) is 30.1 Å². The van der Waals surface area contributed by atoms with Crippen molar-refractivity contribution in [1.82, 2.24) is 10.3 Å². The van der Waals surface area contributed by atoms with E-state index in [9.17, 15) is 0 Å². The highest BCUT2D eigenvalue weighted by atomic mass is 16.5. The molecule has 3 rings (SSSR count). The standard InChI is InChI=1S/C16H24N2O/c1-13(14-5-4-10-17-11-14)18-12-15-6-9-16(19-15)7-2-3-8-16/h4-5,10-11,13,15,18H,2-3,6-9,12H2,1H3. The molecular weight excluding hydrogens is 236 g/mol. The average Bonchev–Trinajstić information content (AvgIpc) is 3.08. The van der Waals surface area contributed by atoms with Crippen LogP contribution in [-0.2, 0) is 4.74 Å². The van der Waals surface area contributed by atoms with Crippen LogP contribution in [0.15, 0.2) is 24.5 Å². The second kappa shape index (κ2) is 5.59. The van der Waals surface area contributed by atoms with E-state index in [-0.39, 0.29) is 5.60 Å². The lowest BCUT2D eigenvalue weighted by molar-refractivity contribution is -0.0357. The van der Waals surface area contributed by atoms with Gasteiger partial charge in [-0.15, -0.1) is 0 Å². The molecule has 104 valence electrons. The Morgan fingerprint density at radius 3 is 3.00 bits per heavy atom. The highest BCUT2D eigenvalue weighted by molar-refractivity contribution is 5.12. The number of nitrogens with zero attached hydrogens (tertiary/aromatic N) is 1. The minimum Gasteiger partial charge on any atom is -0.370 e. The monoisotopic (exact) mass is 260 g/mol. The zero-order chi connectivity index (χ0) is 13.1. The molecule has 2 unspecified atom stereocenters. The van der Waals surface area contributed by atoms with E-state index in [1.165, 1.54) is 44.1 Å². The topological polar surface area (TPSA) is 34.1 Å². The Hall–Kier alpha value is -0.930. The van der Waals surface area contributed by atoms with Crippen LogP contribution in [0.25, 0.3) is 0 Å². The molecule has 1 saturated carbocycles. The molecule has 2 heterocycles. The summed E-state index contributed by atoms with van der Waals surface area (Å²) in [7, 11) is 0. The van der Waals surface area contributed by atoms with Gasteiger partial charge in [0.2, 0.25) is 0 Å². The Morgan fingerprint density at radius 2 is 2.26 bits per heavy atom. The third-order valence-corrected chi connectivity index (χ3v) is 4.69. The Morgan fingerprint density at radius 1 is 1.42 bits per heavy atom. The van der Waals surface area contributed by atoms with Crippen LogP contribution in [0.2, 0.25) is 0 Å². The molecule has 1 aromatic rings. The van der Waals surface area contributed by atoms with Crippen molar-refractivity contribution in [3.8, 4) is 0 Å². The number of hydrogen-bond acceptors (Lipinski definition) is 3. The summed E-state index contributed by atoms with van der Waals surface area (Å²) in [6.07, 6.45) is 11.9. The largest absolute Gasteiger partial charge is 0.370 e. The van der Waals surface area contributed by atoms with E-state index in [0.29, 0.717) is 12.1 Å². The molecule has 2 fully saturated rings. The predicted molar refractivity (Wildman–Crippen MR) is 76.0 cm³/mol. The molecule has 1 N–H and O–H groups in total. The maximum Gasteiger partial charge on any atom is 0.0708 e. The first-order chi connectivity index (χ1) is 9.27. The minimum absolute atomic E-state index is 0.254. The lowest BCUT2D eigenvalue weighted by Crippen LogP contribution is -2.32. The molecule has 19 heavy (non-hydrogen) atoms.